The first-order valence-electron chi connectivity index (χ1n) is 6.03. The van der Waals surface area contributed by atoms with Crippen molar-refractivity contribution in [1.29, 1.82) is 0 Å². The summed E-state index contributed by atoms with van der Waals surface area (Å²) in [6.45, 7) is 7.30. The molecule has 108 valence electrons. The van der Waals surface area contributed by atoms with Gasteiger partial charge in [0.25, 0.3) is 0 Å². The maximum atomic E-state index is 11.8. The molecule has 1 aromatic carbocycles. The summed E-state index contributed by atoms with van der Waals surface area (Å²) < 4.78 is 6.10. The van der Waals surface area contributed by atoms with E-state index < -0.39 is 0 Å². The SMILES string of the molecule is CCN(CC)CCOC(=O)c1ccc(N)c(I)c1.Cl. The van der Waals surface area contributed by atoms with Gasteiger partial charge in [-0.3, -0.25) is 0 Å². The lowest BCUT2D eigenvalue weighted by Gasteiger charge is -2.17. The Hall–Kier alpha value is -0.530. The second kappa shape index (κ2) is 9.39. The number of hydrogen-bond donors (Lipinski definition) is 1. The lowest BCUT2D eigenvalue weighted by atomic mass is 10.2. The number of benzene rings is 1. The molecule has 1 rings (SSSR count). The van der Waals surface area contributed by atoms with E-state index >= 15 is 0 Å². The van der Waals surface area contributed by atoms with E-state index in [9.17, 15) is 4.79 Å². The number of likely N-dealkylation sites (N-methyl/N-ethyl adjacent to an activating group) is 1. The predicted molar refractivity (Wildman–Crippen MR) is 88.9 cm³/mol. The molecule has 2 N–H and O–H groups in total. The topological polar surface area (TPSA) is 55.6 Å². The molecule has 0 atom stereocenters. The van der Waals surface area contributed by atoms with Crippen molar-refractivity contribution in [1.82, 2.24) is 4.90 Å². The largest absolute Gasteiger partial charge is 0.461 e. The predicted octanol–water partition coefficient (Wildman–Crippen LogP) is 2.79. The number of rotatable bonds is 6. The minimum atomic E-state index is -0.292. The third-order valence-electron chi connectivity index (χ3n) is 2.77. The number of nitrogen functional groups attached to an aromatic ring is 1. The number of nitrogens with zero attached hydrogens (tertiary/aromatic N) is 1. The van der Waals surface area contributed by atoms with Gasteiger partial charge in [0.2, 0.25) is 0 Å². The summed E-state index contributed by atoms with van der Waals surface area (Å²) in [7, 11) is 0. The average Bonchev–Trinajstić information content (AvgIpc) is 2.37. The molecule has 0 saturated heterocycles. The first kappa shape index (κ1) is 18.5. The Morgan fingerprint density at radius 1 is 1.37 bits per heavy atom. The fourth-order valence-corrected chi connectivity index (χ4v) is 2.06. The van der Waals surface area contributed by atoms with Crippen LogP contribution < -0.4 is 5.73 Å². The Kier molecular flexibility index (Phi) is 9.12. The summed E-state index contributed by atoms with van der Waals surface area (Å²) in [5.74, 6) is -0.292. The first-order chi connectivity index (χ1) is 8.58. The molecule has 0 heterocycles. The molecular formula is C13H20ClIN2O2. The van der Waals surface area contributed by atoms with Crippen molar-refractivity contribution in [2.75, 3.05) is 32.0 Å². The molecule has 6 heteroatoms. The lowest BCUT2D eigenvalue weighted by Crippen LogP contribution is -2.27. The van der Waals surface area contributed by atoms with Crippen LogP contribution in [0.25, 0.3) is 0 Å². The second-order valence-corrected chi connectivity index (χ2v) is 5.06. The number of hydrogen-bond acceptors (Lipinski definition) is 4. The minimum Gasteiger partial charge on any atom is -0.461 e. The van der Waals surface area contributed by atoms with E-state index in [1.165, 1.54) is 0 Å². The molecule has 1 aromatic rings. The second-order valence-electron chi connectivity index (χ2n) is 3.90. The first-order valence-corrected chi connectivity index (χ1v) is 7.10. The van der Waals surface area contributed by atoms with Crippen molar-refractivity contribution in [2.45, 2.75) is 13.8 Å². The van der Waals surface area contributed by atoms with Gasteiger partial charge in [0.15, 0.2) is 0 Å². The van der Waals surface area contributed by atoms with Gasteiger partial charge in [0, 0.05) is 15.8 Å². The number of anilines is 1. The Balaban J connectivity index is 0.00000324. The Labute approximate surface area is 134 Å². The van der Waals surface area contributed by atoms with Gasteiger partial charge in [-0.05, 0) is 53.9 Å². The van der Waals surface area contributed by atoms with Crippen LogP contribution in [-0.4, -0.2) is 37.1 Å². The van der Waals surface area contributed by atoms with Crippen molar-refractivity contribution < 1.29 is 9.53 Å². The minimum absolute atomic E-state index is 0. The third-order valence-corrected chi connectivity index (χ3v) is 3.71. The summed E-state index contributed by atoms with van der Waals surface area (Å²) in [6.07, 6.45) is 0. The molecule has 4 nitrogen and oxygen atoms in total. The lowest BCUT2D eigenvalue weighted by molar-refractivity contribution is 0.0466. The zero-order valence-electron chi connectivity index (χ0n) is 11.2. The zero-order valence-corrected chi connectivity index (χ0v) is 14.2. The molecule has 0 aromatic heterocycles. The molecule has 0 fully saturated rings. The molecule has 0 unspecified atom stereocenters. The zero-order chi connectivity index (χ0) is 13.5. The van der Waals surface area contributed by atoms with Crippen molar-refractivity contribution >= 4 is 46.7 Å². The van der Waals surface area contributed by atoms with Crippen LogP contribution in [0.4, 0.5) is 5.69 Å². The summed E-state index contributed by atoms with van der Waals surface area (Å²) in [5.41, 5.74) is 6.92. The Morgan fingerprint density at radius 2 is 2.00 bits per heavy atom. The van der Waals surface area contributed by atoms with Crippen LogP contribution in [-0.2, 0) is 4.74 Å². The van der Waals surface area contributed by atoms with Gasteiger partial charge in [0.1, 0.15) is 6.61 Å². The van der Waals surface area contributed by atoms with Crippen LogP contribution in [0.2, 0.25) is 0 Å². The fourth-order valence-electron chi connectivity index (χ4n) is 1.54. The van der Waals surface area contributed by atoms with Crippen molar-refractivity contribution in [3.8, 4) is 0 Å². The van der Waals surface area contributed by atoms with E-state index in [1.54, 1.807) is 18.2 Å². The fraction of sp³-hybridized carbons (Fsp3) is 0.462. The highest BCUT2D eigenvalue weighted by molar-refractivity contribution is 14.1. The monoisotopic (exact) mass is 398 g/mol. The van der Waals surface area contributed by atoms with Crippen molar-refractivity contribution in [3.63, 3.8) is 0 Å². The highest BCUT2D eigenvalue weighted by Gasteiger charge is 2.09. The van der Waals surface area contributed by atoms with E-state index in [2.05, 4.69) is 41.3 Å². The molecule has 0 aliphatic carbocycles. The molecule has 0 amide bonds. The standard InChI is InChI=1S/C13H19IN2O2.ClH/c1-3-16(4-2)7-8-18-13(17)10-5-6-12(15)11(14)9-10;/h5-6,9H,3-4,7-8,15H2,1-2H3;1H. The molecular weight excluding hydrogens is 379 g/mol. The van der Waals surface area contributed by atoms with Crippen molar-refractivity contribution in [2.24, 2.45) is 0 Å². The van der Waals surface area contributed by atoms with Crippen molar-refractivity contribution in [3.05, 3.63) is 27.3 Å². The summed E-state index contributed by atoms with van der Waals surface area (Å²) in [6, 6.07) is 5.16. The quantitative estimate of drug-likeness (QED) is 0.455. The van der Waals surface area contributed by atoms with E-state index in [1.807, 2.05) is 0 Å². The third kappa shape index (κ3) is 5.97. The van der Waals surface area contributed by atoms with Crippen LogP contribution in [0.5, 0.6) is 0 Å². The van der Waals surface area contributed by atoms with Gasteiger partial charge in [0.05, 0.1) is 5.56 Å². The van der Waals surface area contributed by atoms with Gasteiger partial charge in [-0.25, -0.2) is 4.79 Å². The molecule has 0 bridgehead atoms. The molecule has 0 saturated carbocycles. The van der Waals surface area contributed by atoms with Crippen LogP contribution >= 0.6 is 35.0 Å². The highest BCUT2D eigenvalue weighted by atomic mass is 127. The van der Waals surface area contributed by atoms with Gasteiger partial charge in [-0.15, -0.1) is 12.4 Å². The van der Waals surface area contributed by atoms with Gasteiger partial charge in [-0.1, -0.05) is 13.8 Å². The number of nitrogens with two attached hydrogens (primary N) is 1. The number of halogens is 2. The van der Waals surface area contributed by atoms with E-state index in [4.69, 9.17) is 10.5 Å². The molecule has 19 heavy (non-hydrogen) atoms. The van der Waals surface area contributed by atoms with Crippen LogP contribution in [0, 0.1) is 3.57 Å². The van der Waals surface area contributed by atoms with Gasteiger partial charge >= 0.3 is 5.97 Å². The molecule has 0 aliphatic rings. The summed E-state index contributed by atoms with van der Waals surface area (Å²) in [5, 5.41) is 0. The van der Waals surface area contributed by atoms with Crippen LogP contribution in [0.3, 0.4) is 0 Å². The van der Waals surface area contributed by atoms with Gasteiger partial charge in [-0.2, -0.15) is 0 Å². The average molecular weight is 399 g/mol. The smallest absolute Gasteiger partial charge is 0.338 e. The Morgan fingerprint density at radius 3 is 2.53 bits per heavy atom. The number of carbonyl (C=O) groups is 1. The molecule has 0 spiro atoms. The van der Waals surface area contributed by atoms with E-state index in [0.717, 1.165) is 23.2 Å². The van der Waals surface area contributed by atoms with Gasteiger partial charge < -0.3 is 15.4 Å². The maximum Gasteiger partial charge on any atom is 0.338 e. The number of esters is 1. The van der Waals surface area contributed by atoms with Crippen LogP contribution in [0.1, 0.15) is 24.2 Å². The maximum absolute atomic E-state index is 11.8. The van der Waals surface area contributed by atoms with E-state index in [0.29, 0.717) is 17.9 Å². The number of ether oxygens (including phenoxy) is 1. The van der Waals surface area contributed by atoms with E-state index in [-0.39, 0.29) is 18.4 Å². The number of carbonyl (C=O) groups excluding carboxylic acids is 1. The Bertz CT molecular complexity index is 412. The summed E-state index contributed by atoms with van der Waals surface area (Å²) >= 11 is 2.10. The summed E-state index contributed by atoms with van der Waals surface area (Å²) in [4.78, 5) is 14.0. The normalized spacial score (nSPS) is 10.1. The molecule has 0 aliphatic heterocycles. The van der Waals surface area contributed by atoms with Crippen LogP contribution in [0.15, 0.2) is 18.2 Å². The molecule has 0 radical (unpaired) electrons. The highest BCUT2D eigenvalue weighted by Crippen LogP contribution is 2.16.